The zero-order chi connectivity index (χ0) is 10.1. The molecular formula is C10H18N2O. The van der Waals surface area contributed by atoms with Crippen molar-refractivity contribution in [3.8, 4) is 0 Å². The number of allylic oxidation sites excluding steroid dienone is 3. The molecule has 0 radical (unpaired) electrons. The van der Waals surface area contributed by atoms with Gasteiger partial charge in [0.05, 0.1) is 0 Å². The highest BCUT2D eigenvalue weighted by Gasteiger charge is 1.93. The third kappa shape index (κ3) is 8.82. The number of carbonyl (C=O) groups is 1. The zero-order valence-corrected chi connectivity index (χ0v) is 8.58. The fourth-order valence-electron chi connectivity index (χ4n) is 0.716. The summed E-state index contributed by atoms with van der Waals surface area (Å²) in [6, 6.07) is 0. The second kappa shape index (κ2) is 7.55. The van der Waals surface area contributed by atoms with Gasteiger partial charge in [-0.25, -0.2) is 0 Å². The predicted molar refractivity (Wildman–Crippen MR) is 55.5 cm³/mol. The molecule has 0 atom stereocenters. The summed E-state index contributed by atoms with van der Waals surface area (Å²) in [6.45, 7) is 3.46. The molecule has 0 aliphatic rings. The van der Waals surface area contributed by atoms with Gasteiger partial charge in [-0.05, 0) is 21.0 Å². The number of hydrogen-bond acceptors (Lipinski definition) is 2. The Balaban J connectivity index is 3.51. The Labute approximate surface area is 80.1 Å². The summed E-state index contributed by atoms with van der Waals surface area (Å²) in [7, 11) is 3.95. The van der Waals surface area contributed by atoms with Crippen molar-refractivity contribution >= 4 is 5.91 Å². The minimum Gasteiger partial charge on any atom is -0.351 e. The third-order valence-corrected chi connectivity index (χ3v) is 1.41. The van der Waals surface area contributed by atoms with Gasteiger partial charge in [0.25, 0.3) is 0 Å². The van der Waals surface area contributed by atoms with Crippen molar-refractivity contribution in [2.75, 3.05) is 27.2 Å². The van der Waals surface area contributed by atoms with Crippen LogP contribution in [0.25, 0.3) is 0 Å². The van der Waals surface area contributed by atoms with E-state index < -0.39 is 0 Å². The first-order valence-electron chi connectivity index (χ1n) is 4.38. The number of nitrogens with one attached hydrogen (secondary N) is 1. The lowest BCUT2D eigenvalue weighted by atomic mass is 10.4. The van der Waals surface area contributed by atoms with Crippen molar-refractivity contribution in [1.82, 2.24) is 10.2 Å². The molecule has 0 heterocycles. The van der Waals surface area contributed by atoms with Crippen LogP contribution in [0.2, 0.25) is 0 Å². The number of rotatable bonds is 5. The van der Waals surface area contributed by atoms with Crippen molar-refractivity contribution in [3.05, 3.63) is 24.3 Å². The Hall–Kier alpha value is -1.09. The van der Waals surface area contributed by atoms with Crippen LogP contribution < -0.4 is 5.32 Å². The Morgan fingerprint density at radius 3 is 2.62 bits per heavy atom. The van der Waals surface area contributed by atoms with Crippen LogP contribution in [0.1, 0.15) is 6.92 Å². The molecule has 1 amide bonds. The Morgan fingerprint density at radius 1 is 1.38 bits per heavy atom. The lowest BCUT2D eigenvalue weighted by molar-refractivity contribution is -0.116. The standard InChI is InChI=1S/C10H18N2O/c1-4-5-6-7-10(13)11-8-9-12(2)3/h4-7H,8-9H2,1-3H3,(H,11,13). The number of carbonyl (C=O) groups excluding carboxylic acids is 1. The summed E-state index contributed by atoms with van der Waals surface area (Å²) in [6.07, 6.45) is 6.95. The number of amides is 1. The molecule has 0 aliphatic carbocycles. The van der Waals surface area contributed by atoms with Gasteiger partial charge in [0.2, 0.25) is 5.91 Å². The van der Waals surface area contributed by atoms with E-state index in [9.17, 15) is 4.79 Å². The van der Waals surface area contributed by atoms with E-state index in [1.807, 2.05) is 38.1 Å². The van der Waals surface area contributed by atoms with Crippen molar-refractivity contribution < 1.29 is 4.79 Å². The van der Waals surface area contributed by atoms with Gasteiger partial charge in [0, 0.05) is 19.2 Å². The molecule has 0 bridgehead atoms. The van der Waals surface area contributed by atoms with Crippen LogP contribution in [-0.4, -0.2) is 38.0 Å². The van der Waals surface area contributed by atoms with E-state index >= 15 is 0 Å². The van der Waals surface area contributed by atoms with Crippen LogP contribution in [0.3, 0.4) is 0 Å². The van der Waals surface area contributed by atoms with Gasteiger partial charge < -0.3 is 10.2 Å². The van der Waals surface area contributed by atoms with E-state index in [2.05, 4.69) is 5.32 Å². The van der Waals surface area contributed by atoms with Gasteiger partial charge >= 0.3 is 0 Å². The van der Waals surface area contributed by atoms with Crippen LogP contribution >= 0.6 is 0 Å². The molecule has 0 spiro atoms. The monoisotopic (exact) mass is 182 g/mol. The molecule has 74 valence electrons. The topological polar surface area (TPSA) is 32.3 Å². The van der Waals surface area contributed by atoms with Gasteiger partial charge in [-0.3, -0.25) is 4.79 Å². The van der Waals surface area contributed by atoms with E-state index in [-0.39, 0.29) is 5.91 Å². The SMILES string of the molecule is CC=CC=CC(=O)NCCN(C)C. The highest BCUT2D eigenvalue weighted by Crippen LogP contribution is 1.77. The average molecular weight is 182 g/mol. The van der Waals surface area contributed by atoms with Gasteiger partial charge in [-0.15, -0.1) is 0 Å². The average Bonchev–Trinajstić information content (AvgIpc) is 2.04. The smallest absolute Gasteiger partial charge is 0.244 e. The van der Waals surface area contributed by atoms with Gasteiger partial charge in [0.1, 0.15) is 0 Å². The highest BCUT2D eigenvalue weighted by molar-refractivity contribution is 5.87. The van der Waals surface area contributed by atoms with Crippen LogP contribution in [0.15, 0.2) is 24.3 Å². The molecule has 0 saturated heterocycles. The zero-order valence-electron chi connectivity index (χ0n) is 8.58. The van der Waals surface area contributed by atoms with E-state index in [0.717, 1.165) is 6.54 Å². The maximum atomic E-state index is 11.0. The summed E-state index contributed by atoms with van der Waals surface area (Å²) >= 11 is 0. The normalized spacial score (nSPS) is 11.7. The Morgan fingerprint density at radius 2 is 2.08 bits per heavy atom. The predicted octanol–water partition coefficient (Wildman–Crippen LogP) is 0.796. The Kier molecular flexibility index (Phi) is 6.92. The van der Waals surface area contributed by atoms with Crippen LogP contribution in [0.5, 0.6) is 0 Å². The molecule has 0 unspecified atom stereocenters. The van der Waals surface area contributed by atoms with E-state index in [4.69, 9.17) is 0 Å². The van der Waals surface area contributed by atoms with Crippen molar-refractivity contribution in [2.24, 2.45) is 0 Å². The number of likely N-dealkylation sites (N-methyl/N-ethyl adjacent to an activating group) is 1. The third-order valence-electron chi connectivity index (χ3n) is 1.41. The van der Waals surface area contributed by atoms with Crippen molar-refractivity contribution in [3.63, 3.8) is 0 Å². The quantitative estimate of drug-likeness (QED) is 0.504. The highest BCUT2D eigenvalue weighted by atomic mass is 16.1. The fraction of sp³-hybridized carbons (Fsp3) is 0.500. The lowest BCUT2D eigenvalue weighted by Gasteiger charge is -2.08. The van der Waals surface area contributed by atoms with E-state index in [1.54, 1.807) is 6.08 Å². The van der Waals surface area contributed by atoms with Gasteiger partial charge in [0.15, 0.2) is 0 Å². The molecule has 3 nitrogen and oxygen atoms in total. The number of hydrogen-bond donors (Lipinski definition) is 1. The fourth-order valence-corrected chi connectivity index (χ4v) is 0.716. The maximum Gasteiger partial charge on any atom is 0.244 e. The molecule has 3 heteroatoms. The van der Waals surface area contributed by atoms with Crippen LogP contribution in [-0.2, 0) is 4.79 Å². The summed E-state index contributed by atoms with van der Waals surface area (Å²) in [4.78, 5) is 13.1. The summed E-state index contributed by atoms with van der Waals surface area (Å²) in [5, 5.41) is 2.77. The molecule has 0 aromatic rings. The lowest BCUT2D eigenvalue weighted by Crippen LogP contribution is -2.30. The molecular weight excluding hydrogens is 164 g/mol. The minimum absolute atomic E-state index is 0.0417. The van der Waals surface area contributed by atoms with Crippen molar-refractivity contribution in [1.29, 1.82) is 0 Å². The molecule has 0 aromatic heterocycles. The van der Waals surface area contributed by atoms with Crippen molar-refractivity contribution in [2.45, 2.75) is 6.92 Å². The maximum absolute atomic E-state index is 11.0. The van der Waals surface area contributed by atoms with Crippen LogP contribution in [0, 0.1) is 0 Å². The first-order valence-corrected chi connectivity index (χ1v) is 4.38. The minimum atomic E-state index is -0.0417. The molecule has 1 N–H and O–H groups in total. The molecule has 13 heavy (non-hydrogen) atoms. The second-order valence-corrected chi connectivity index (χ2v) is 2.98. The van der Waals surface area contributed by atoms with Crippen LogP contribution in [0.4, 0.5) is 0 Å². The molecule has 0 rings (SSSR count). The summed E-state index contributed by atoms with van der Waals surface area (Å²) in [5.74, 6) is -0.0417. The Bertz CT molecular complexity index is 195. The summed E-state index contributed by atoms with van der Waals surface area (Å²) in [5.41, 5.74) is 0. The first kappa shape index (κ1) is 11.9. The number of nitrogens with zero attached hydrogens (tertiary/aromatic N) is 1. The van der Waals surface area contributed by atoms with E-state index in [0.29, 0.717) is 6.54 Å². The van der Waals surface area contributed by atoms with Gasteiger partial charge in [-0.2, -0.15) is 0 Å². The molecule has 0 saturated carbocycles. The first-order chi connectivity index (χ1) is 6.16. The molecule has 0 fully saturated rings. The summed E-state index contributed by atoms with van der Waals surface area (Å²) < 4.78 is 0. The second-order valence-electron chi connectivity index (χ2n) is 2.98. The van der Waals surface area contributed by atoms with E-state index in [1.165, 1.54) is 6.08 Å². The molecule has 0 aromatic carbocycles. The van der Waals surface area contributed by atoms with Gasteiger partial charge in [-0.1, -0.05) is 18.2 Å². The largest absolute Gasteiger partial charge is 0.351 e. The molecule has 0 aliphatic heterocycles.